The number of pyridine rings is 1. The number of piperidine rings is 1. The zero-order valence-electron chi connectivity index (χ0n) is 17.6. The summed E-state index contributed by atoms with van der Waals surface area (Å²) in [4.78, 5) is 7.11. The molecule has 6 nitrogen and oxygen atoms in total. The highest BCUT2D eigenvalue weighted by atomic mass is 19.1. The van der Waals surface area contributed by atoms with Gasteiger partial charge in [-0.3, -0.25) is 4.68 Å². The van der Waals surface area contributed by atoms with Gasteiger partial charge in [-0.05, 0) is 69.2 Å². The molecule has 30 heavy (non-hydrogen) atoms. The number of nitrogens with zero attached hydrogens (tertiary/aromatic N) is 6. The third-order valence-electron chi connectivity index (χ3n) is 6.20. The molecule has 0 radical (unpaired) electrons. The zero-order chi connectivity index (χ0) is 20.8. The predicted octanol–water partition coefficient (Wildman–Crippen LogP) is 4.23. The van der Waals surface area contributed by atoms with E-state index in [-0.39, 0.29) is 5.82 Å². The van der Waals surface area contributed by atoms with Crippen LogP contribution in [-0.4, -0.2) is 49.5 Å². The number of halogens is 1. The highest BCUT2D eigenvalue weighted by Crippen LogP contribution is 2.31. The third-order valence-corrected chi connectivity index (χ3v) is 6.20. The second kappa shape index (κ2) is 7.40. The summed E-state index contributed by atoms with van der Waals surface area (Å²) in [6.45, 7) is 7.37. The lowest BCUT2D eigenvalue weighted by molar-refractivity contribution is 0.220. The minimum Gasteiger partial charge on any atom is -0.304 e. The normalized spacial score (nSPS) is 16.0. The summed E-state index contributed by atoms with van der Waals surface area (Å²) in [6.07, 6.45) is 3.96. The first-order valence-corrected chi connectivity index (χ1v) is 10.5. The number of hydrogen-bond acceptors (Lipinski definition) is 5. The molecular formula is C23H25FN6. The van der Waals surface area contributed by atoms with Gasteiger partial charge < -0.3 is 4.90 Å². The van der Waals surface area contributed by atoms with Crippen LogP contribution in [0.4, 0.5) is 4.39 Å². The second-order valence-electron chi connectivity index (χ2n) is 8.23. The van der Waals surface area contributed by atoms with Crippen molar-refractivity contribution in [3.63, 3.8) is 0 Å². The highest BCUT2D eigenvalue weighted by Gasteiger charge is 2.22. The number of benzene rings is 1. The average Bonchev–Trinajstić information content (AvgIpc) is 3.14. The van der Waals surface area contributed by atoms with Crippen molar-refractivity contribution >= 4 is 21.9 Å². The van der Waals surface area contributed by atoms with Gasteiger partial charge in [0.05, 0.1) is 23.1 Å². The summed E-state index contributed by atoms with van der Waals surface area (Å²) in [5.74, 6) is 0.0662. The van der Waals surface area contributed by atoms with Crippen LogP contribution in [0, 0.1) is 12.7 Å². The third kappa shape index (κ3) is 3.33. The van der Waals surface area contributed by atoms with Crippen LogP contribution in [0.3, 0.4) is 0 Å². The van der Waals surface area contributed by atoms with Crippen molar-refractivity contribution in [3.8, 4) is 11.3 Å². The molecule has 0 bridgehead atoms. The van der Waals surface area contributed by atoms with Crippen LogP contribution in [0.25, 0.3) is 33.2 Å². The number of fused-ring (bicyclic) bond motifs is 2. The van der Waals surface area contributed by atoms with Gasteiger partial charge in [0, 0.05) is 23.9 Å². The molecule has 154 valence electrons. The van der Waals surface area contributed by atoms with Gasteiger partial charge in [0.15, 0.2) is 0 Å². The largest absolute Gasteiger partial charge is 0.304 e. The molecule has 0 N–H and O–H groups in total. The van der Waals surface area contributed by atoms with Crippen molar-refractivity contribution in [2.75, 3.05) is 19.6 Å². The Morgan fingerprint density at radius 1 is 1.07 bits per heavy atom. The fraction of sp³-hybridized carbons (Fsp3) is 0.391. The Bertz CT molecular complexity index is 1240. The quantitative estimate of drug-likeness (QED) is 0.512. The zero-order valence-corrected chi connectivity index (χ0v) is 17.6. The maximum atomic E-state index is 15.1. The first-order valence-electron chi connectivity index (χ1n) is 10.5. The minimum absolute atomic E-state index is 0.282. The molecule has 1 aliphatic rings. The summed E-state index contributed by atoms with van der Waals surface area (Å²) in [6, 6.07) is 7.26. The SMILES string of the molecule is CCN1CCC(c2cc3c(F)cc(-c4cc(C)c5nn(C)cc5n4)cc3nn2)CC1. The average molecular weight is 404 g/mol. The summed E-state index contributed by atoms with van der Waals surface area (Å²) >= 11 is 0. The van der Waals surface area contributed by atoms with Crippen LogP contribution >= 0.6 is 0 Å². The number of rotatable bonds is 3. The molecule has 0 unspecified atom stereocenters. The minimum atomic E-state index is -0.282. The van der Waals surface area contributed by atoms with Crippen LogP contribution in [0.5, 0.6) is 0 Å². The van der Waals surface area contributed by atoms with E-state index >= 15 is 4.39 Å². The van der Waals surface area contributed by atoms with E-state index < -0.39 is 0 Å². The van der Waals surface area contributed by atoms with Crippen LogP contribution in [0.15, 0.2) is 30.5 Å². The second-order valence-corrected chi connectivity index (χ2v) is 8.23. The molecule has 4 aromatic rings. The molecule has 0 amide bonds. The molecule has 0 spiro atoms. The van der Waals surface area contributed by atoms with Crippen LogP contribution < -0.4 is 0 Å². The van der Waals surface area contributed by atoms with Gasteiger partial charge >= 0.3 is 0 Å². The van der Waals surface area contributed by atoms with Crippen molar-refractivity contribution in [3.05, 3.63) is 47.5 Å². The number of hydrogen-bond donors (Lipinski definition) is 0. The predicted molar refractivity (Wildman–Crippen MR) is 116 cm³/mol. The molecule has 5 rings (SSSR count). The fourth-order valence-electron chi connectivity index (χ4n) is 4.43. The van der Waals surface area contributed by atoms with E-state index in [4.69, 9.17) is 0 Å². The van der Waals surface area contributed by atoms with E-state index in [2.05, 4.69) is 32.1 Å². The lowest BCUT2D eigenvalue weighted by atomic mass is 9.92. The number of aryl methyl sites for hydroxylation is 2. The van der Waals surface area contributed by atoms with Crippen molar-refractivity contribution < 1.29 is 4.39 Å². The molecule has 3 aromatic heterocycles. The Hall–Kier alpha value is -2.93. The molecular weight excluding hydrogens is 379 g/mol. The van der Waals surface area contributed by atoms with Gasteiger partial charge in [0.2, 0.25) is 0 Å². The van der Waals surface area contributed by atoms with Crippen LogP contribution in [0.2, 0.25) is 0 Å². The van der Waals surface area contributed by atoms with Gasteiger partial charge in [0.1, 0.15) is 16.9 Å². The summed E-state index contributed by atoms with van der Waals surface area (Å²) in [7, 11) is 1.87. The van der Waals surface area contributed by atoms with Crippen molar-refractivity contribution in [1.29, 1.82) is 0 Å². The monoisotopic (exact) mass is 404 g/mol. The van der Waals surface area contributed by atoms with Crippen molar-refractivity contribution in [1.82, 2.24) is 29.9 Å². The van der Waals surface area contributed by atoms with Crippen LogP contribution in [0.1, 0.15) is 36.9 Å². The Morgan fingerprint density at radius 2 is 1.87 bits per heavy atom. The molecule has 0 saturated carbocycles. The maximum absolute atomic E-state index is 15.1. The summed E-state index contributed by atoms with van der Waals surface area (Å²) < 4.78 is 16.8. The van der Waals surface area contributed by atoms with E-state index in [0.717, 1.165) is 54.8 Å². The molecule has 0 aliphatic carbocycles. The van der Waals surface area contributed by atoms with E-state index in [1.54, 1.807) is 10.7 Å². The van der Waals surface area contributed by atoms with E-state index in [0.29, 0.717) is 28.1 Å². The van der Waals surface area contributed by atoms with Gasteiger partial charge in [-0.15, -0.1) is 0 Å². The Balaban J connectivity index is 1.52. The number of likely N-dealkylation sites (tertiary alicyclic amines) is 1. The van der Waals surface area contributed by atoms with E-state index in [1.807, 2.05) is 38.4 Å². The molecule has 1 aromatic carbocycles. The molecule has 1 saturated heterocycles. The van der Waals surface area contributed by atoms with E-state index in [1.165, 1.54) is 0 Å². The molecule has 4 heterocycles. The van der Waals surface area contributed by atoms with Crippen molar-refractivity contribution in [2.45, 2.75) is 32.6 Å². The van der Waals surface area contributed by atoms with E-state index in [9.17, 15) is 0 Å². The molecule has 0 atom stereocenters. The molecule has 7 heteroatoms. The van der Waals surface area contributed by atoms with Gasteiger partial charge in [-0.2, -0.15) is 15.3 Å². The smallest absolute Gasteiger partial charge is 0.133 e. The number of aromatic nitrogens is 5. The summed E-state index contributed by atoms with van der Waals surface area (Å²) in [5.41, 5.74) is 5.55. The lowest BCUT2D eigenvalue weighted by Gasteiger charge is -2.30. The van der Waals surface area contributed by atoms with Gasteiger partial charge in [-0.1, -0.05) is 6.92 Å². The Labute approximate surface area is 174 Å². The summed E-state index contributed by atoms with van der Waals surface area (Å²) in [5, 5.41) is 13.8. The van der Waals surface area contributed by atoms with Gasteiger partial charge in [-0.25, -0.2) is 9.37 Å². The van der Waals surface area contributed by atoms with Crippen LogP contribution in [-0.2, 0) is 7.05 Å². The van der Waals surface area contributed by atoms with Gasteiger partial charge in [0.25, 0.3) is 0 Å². The Kier molecular flexibility index (Phi) is 4.70. The Morgan fingerprint density at radius 3 is 2.63 bits per heavy atom. The lowest BCUT2D eigenvalue weighted by Crippen LogP contribution is -2.32. The fourth-order valence-corrected chi connectivity index (χ4v) is 4.43. The standard InChI is InChI=1S/C23H25FN6/c1-4-30-7-5-15(6-8-30)20-12-17-18(24)10-16(11-21(17)27-26-20)19-9-14(2)23-22(25-19)13-29(3)28-23/h9-13,15H,4-8H2,1-3H3. The van der Waals surface area contributed by atoms with Crippen molar-refractivity contribution in [2.24, 2.45) is 7.05 Å². The first kappa shape index (κ1) is 19.1. The first-order chi connectivity index (χ1) is 14.5. The maximum Gasteiger partial charge on any atom is 0.133 e. The molecule has 1 aliphatic heterocycles. The molecule has 1 fully saturated rings. The topological polar surface area (TPSA) is 59.7 Å². The highest BCUT2D eigenvalue weighted by molar-refractivity contribution is 5.86.